The van der Waals surface area contributed by atoms with Crippen molar-refractivity contribution in [2.45, 2.75) is 48.7 Å². The van der Waals surface area contributed by atoms with E-state index in [1.54, 1.807) is 0 Å². The summed E-state index contributed by atoms with van der Waals surface area (Å²) in [5.41, 5.74) is 0. The van der Waals surface area contributed by atoms with Crippen LogP contribution in [-0.2, 0) is 4.79 Å². The number of fused-ring (bicyclic) bond motifs is 2. The molecule has 22 heavy (non-hydrogen) atoms. The third-order valence-electron chi connectivity index (χ3n) is 4.10. The fraction of sp³-hybridized carbons (Fsp3) is 0.533. The summed E-state index contributed by atoms with van der Waals surface area (Å²) in [7, 11) is 0. The SMILES string of the molecule is Cl.O=C(CSc1ccc(F)c(F)c1)NC1CC2CCC(C1)N2. The topological polar surface area (TPSA) is 41.1 Å². The molecule has 3 nitrogen and oxygen atoms in total. The van der Waals surface area contributed by atoms with Crippen molar-refractivity contribution < 1.29 is 13.6 Å². The van der Waals surface area contributed by atoms with Crippen molar-refractivity contribution >= 4 is 30.1 Å². The standard InChI is InChI=1S/C15H18F2N2OS.ClH/c16-13-4-3-12(7-14(13)17)21-8-15(20)19-11-5-9-1-2-10(6-11)18-9;/h3-4,7,9-11,18H,1-2,5-6,8H2,(H,19,20);1H. The molecule has 1 amide bonds. The van der Waals surface area contributed by atoms with Gasteiger partial charge in [-0.05, 0) is 43.9 Å². The minimum absolute atomic E-state index is 0. The fourth-order valence-electron chi connectivity index (χ4n) is 3.16. The number of piperidine rings is 1. The van der Waals surface area contributed by atoms with E-state index in [-0.39, 0.29) is 30.1 Å². The van der Waals surface area contributed by atoms with E-state index in [9.17, 15) is 13.6 Å². The lowest BCUT2D eigenvalue weighted by Gasteiger charge is -2.29. The van der Waals surface area contributed by atoms with Crippen molar-refractivity contribution in [2.24, 2.45) is 0 Å². The summed E-state index contributed by atoms with van der Waals surface area (Å²) in [4.78, 5) is 12.5. The Bertz CT molecular complexity index is 534. The molecular formula is C15H19ClF2N2OS. The monoisotopic (exact) mass is 348 g/mol. The van der Waals surface area contributed by atoms with E-state index in [1.165, 1.54) is 30.7 Å². The van der Waals surface area contributed by atoms with E-state index in [1.807, 2.05) is 0 Å². The first kappa shape index (κ1) is 17.5. The Balaban J connectivity index is 0.00000176. The normalized spacial score (nSPS) is 26.4. The van der Waals surface area contributed by atoms with Crippen LogP contribution < -0.4 is 10.6 Å². The quantitative estimate of drug-likeness (QED) is 0.822. The number of carbonyl (C=O) groups is 1. The molecule has 3 rings (SSSR count). The summed E-state index contributed by atoms with van der Waals surface area (Å²) in [5.74, 6) is -1.56. The molecule has 2 aliphatic heterocycles. The van der Waals surface area contributed by atoms with Gasteiger partial charge in [0.25, 0.3) is 0 Å². The van der Waals surface area contributed by atoms with Crippen LogP contribution in [0.25, 0.3) is 0 Å². The molecule has 0 saturated carbocycles. The Hall–Kier alpha value is -0.850. The number of carbonyl (C=O) groups excluding carboxylic acids is 1. The number of hydrogen-bond donors (Lipinski definition) is 2. The van der Waals surface area contributed by atoms with Crippen molar-refractivity contribution in [3.05, 3.63) is 29.8 Å². The molecule has 122 valence electrons. The number of halogens is 3. The lowest BCUT2D eigenvalue weighted by molar-refractivity contribution is -0.119. The highest BCUT2D eigenvalue weighted by atomic mass is 35.5. The molecule has 2 fully saturated rings. The van der Waals surface area contributed by atoms with Gasteiger partial charge in [0.15, 0.2) is 11.6 Å². The van der Waals surface area contributed by atoms with Crippen molar-refractivity contribution in [1.29, 1.82) is 0 Å². The Morgan fingerprint density at radius 2 is 1.91 bits per heavy atom. The summed E-state index contributed by atoms with van der Waals surface area (Å²) in [6.45, 7) is 0. The van der Waals surface area contributed by atoms with Gasteiger partial charge in [-0.25, -0.2) is 8.78 Å². The van der Waals surface area contributed by atoms with Gasteiger partial charge in [-0.1, -0.05) is 0 Å². The summed E-state index contributed by atoms with van der Waals surface area (Å²) in [5, 5.41) is 6.58. The maximum absolute atomic E-state index is 13.1. The lowest BCUT2D eigenvalue weighted by atomic mass is 10.00. The van der Waals surface area contributed by atoms with Crippen LogP contribution in [0.15, 0.2) is 23.1 Å². The van der Waals surface area contributed by atoms with Crippen LogP contribution in [0.5, 0.6) is 0 Å². The van der Waals surface area contributed by atoms with Crippen molar-refractivity contribution in [2.75, 3.05) is 5.75 Å². The van der Waals surface area contributed by atoms with Crippen LogP contribution in [0.2, 0.25) is 0 Å². The van der Waals surface area contributed by atoms with Crippen LogP contribution in [0.4, 0.5) is 8.78 Å². The second-order valence-corrected chi connectivity index (χ2v) is 6.79. The first-order valence-electron chi connectivity index (χ1n) is 7.23. The van der Waals surface area contributed by atoms with E-state index in [0.717, 1.165) is 25.0 Å². The van der Waals surface area contributed by atoms with Gasteiger partial charge in [0.1, 0.15) is 0 Å². The highest BCUT2D eigenvalue weighted by Crippen LogP contribution is 2.27. The molecule has 0 spiro atoms. The second kappa shape index (κ2) is 7.62. The molecule has 2 heterocycles. The summed E-state index contributed by atoms with van der Waals surface area (Å²) in [6.07, 6.45) is 4.36. The first-order chi connectivity index (χ1) is 10.1. The average molecular weight is 349 g/mol. The molecule has 2 aliphatic rings. The van der Waals surface area contributed by atoms with Gasteiger partial charge >= 0.3 is 0 Å². The van der Waals surface area contributed by atoms with Gasteiger partial charge in [-0.15, -0.1) is 24.2 Å². The van der Waals surface area contributed by atoms with Gasteiger partial charge in [0, 0.05) is 23.0 Å². The number of thioether (sulfide) groups is 1. The Labute approximate surface area is 139 Å². The maximum atomic E-state index is 13.1. The summed E-state index contributed by atoms with van der Waals surface area (Å²) in [6, 6.07) is 5.00. The highest BCUT2D eigenvalue weighted by Gasteiger charge is 2.33. The molecule has 0 radical (unpaired) electrons. The molecule has 0 aromatic heterocycles. The molecule has 0 aliphatic carbocycles. The van der Waals surface area contributed by atoms with Crippen LogP contribution >= 0.6 is 24.2 Å². The molecule has 2 saturated heterocycles. The van der Waals surface area contributed by atoms with E-state index in [0.29, 0.717) is 17.0 Å². The number of rotatable bonds is 4. The third-order valence-corrected chi connectivity index (χ3v) is 5.09. The molecule has 1 aromatic carbocycles. The minimum Gasteiger partial charge on any atom is -0.353 e. The zero-order chi connectivity index (χ0) is 14.8. The molecular weight excluding hydrogens is 330 g/mol. The maximum Gasteiger partial charge on any atom is 0.230 e. The molecule has 2 bridgehead atoms. The molecule has 1 aromatic rings. The van der Waals surface area contributed by atoms with Crippen LogP contribution in [0.3, 0.4) is 0 Å². The molecule has 2 N–H and O–H groups in total. The van der Waals surface area contributed by atoms with Crippen molar-refractivity contribution in [3.63, 3.8) is 0 Å². The number of hydrogen-bond acceptors (Lipinski definition) is 3. The lowest BCUT2D eigenvalue weighted by Crippen LogP contribution is -2.48. The smallest absolute Gasteiger partial charge is 0.230 e. The Morgan fingerprint density at radius 3 is 2.55 bits per heavy atom. The van der Waals surface area contributed by atoms with Crippen LogP contribution in [0.1, 0.15) is 25.7 Å². The fourth-order valence-corrected chi connectivity index (χ4v) is 3.89. The second-order valence-electron chi connectivity index (χ2n) is 5.74. The predicted octanol–water partition coefficient (Wildman–Crippen LogP) is 2.88. The van der Waals surface area contributed by atoms with Crippen LogP contribution in [0, 0.1) is 11.6 Å². The predicted molar refractivity (Wildman–Crippen MR) is 85.4 cm³/mol. The zero-order valence-corrected chi connectivity index (χ0v) is 13.6. The molecule has 7 heteroatoms. The summed E-state index contributed by atoms with van der Waals surface area (Å²) >= 11 is 1.22. The van der Waals surface area contributed by atoms with E-state index in [4.69, 9.17) is 0 Å². The van der Waals surface area contributed by atoms with E-state index < -0.39 is 11.6 Å². The van der Waals surface area contributed by atoms with Crippen molar-refractivity contribution in [1.82, 2.24) is 10.6 Å². The zero-order valence-electron chi connectivity index (χ0n) is 12.0. The Kier molecular flexibility index (Phi) is 6.06. The van der Waals surface area contributed by atoms with Gasteiger partial charge in [0.2, 0.25) is 5.91 Å². The first-order valence-corrected chi connectivity index (χ1v) is 8.22. The largest absolute Gasteiger partial charge is 0.353 e. The minimum atomic E-state index is -0.879. The van der Waals surface area contributed by atoms with Gasteiger partial charge < -0.3 is 10.6 Å². The van der Waals surface area contributed by atoms with E-state index in [2.05, 4.69) is 10.6 Å². The van der Waals surface area contributed by atoms with Crippen molar-refractivity contribution in [3.8, 4) is 0 Å². The molecule has 2 atom stereocenters. The van der Waals surface area contributed by atoms with Gasteiger partial charge in [0.05, 0.1) is 5.75 Å². The average Bonchev–Trinajstić information content (AvgIpc) is 2.79. The van der Waals surface area contributed by atoms with Gasteiger partial charge in [-0.2, -0.15) is 0 Å². The highest BCUT2D eigenvalue weighted by molar-refractivity contribution is 8.00. The Morgan fingerprint density at radius 1 is 1.23 bits per heavy atom. The van der Waals surface area contributed by atoms with Gasteiger partial charge in [-0.3, -0.25) is 4.79 Å². The number of amides is 1. The third kappa shape index (κ3) is 4.33. The van der Waals surface area contributed by atoms with Crippen LogP contribution in [-0.4, -0.2) is 29.8 Å². The van der Waals surface area contributed by atoms with E-state index >= 15 is 0 Å². The molecule has 2 unspecified atom stereocenters. The summed E-state index contributed by atoms with van der Waals surface area (Å²) < 4.78 is 25.9. The number of benzene rings is 1. The number of nitrogens with one attached hydrogen (secondary N) is 2.